The summed E-state index contributed by atoms with van der Waals surface area (Å²) in [6.45, 7) is 2.54. The van der Waals surface area contributed by atoms with Gasteiger partial charge in [-0.25, -0.2) is 9.37 Å². The van der Waals surface area contributed by atoms with Gasteiger partial charge >= 0.3 is 0 Å². The number of aromatic nitrogens is 4. The third-order valence-electron chi connectivity index (χ3n) is 6.69. The monoisotopic (exact) mass is 530 g/mol. The maximum absolute atomic E-state index is 13.4. The fourth-order valence-corrected chi connectivity index (χ4v) is 4.53. The number of rotatable bonds is 7. The number of aliphatic hydroxyl groups is 1. The first kappa shape index (κ1) is 26.0. The molecule has 0 spiro atoms. The number of halogens is 1. The predicted octanol–water partition coefficient (Wildman–Crippen LogP) is 3.49. The van der Waals surface area contributed by atoms with Crippen molar-refractivity contribution in [3.8, 4) is 17.3 Å². The number of pyridine rings is 1. The minimum Gasteiger partial charge on any atom is -0.496 e. The lowest BCUT2D eigenvalue weighted by Crippen LogP contribution is -2.36. The molecule has 11 heteroatoms. The summed E-state index contributed by atoms with van der Waals surface area (Å²) >= 11 is 0. The van der Waals surface area contributed by atoms with Crippen molar-refractivity contribution in [2.45, 2.75) is 25.9 Å². The summed E-state index contributed by atoms with van der Waals surface area (Å²) in [6.07, 6.45) is 2.11. The topological polar surface area (TPSA) is 122 Å². The Balaban J connectivity index is 1.38. The van der Waals surface area contributed by atoms with E-state index in [1.807, 2.05) is 13.0 Å². The molecule has 0 saturated heterocycles. The molecule has 1 aliphatic rings. The minimum absolute atomic E-state index is 0.0908. The fourth-order valence-electron chi connectivity index (χ4n) is 4.53. The van der Waals surface area contributed by atoms with Crippen LogP contribution >= 0.6 is 0 Å². The zero-order chi connectivity index (χ0) is 27.5. The van der Waals surface area contributed by atoms with E-state index in [2.05, 4.69) is 20.5 Å². The van der Waals surface area contributed by atoms with Crippen LogP contribution in [-0.4, -0.2) is 61.8 Å². The molecule has 200 valence electrons. The van der Waals surface area contributed by atoms with Crippen molar-refractivity contribution < 1.29 is 23.8 Å². The van der Waals surface area contributed by atoms with Crippen LogP contribution in [0.5, 0.6) is 5.75 Å². The number of carbonyl (C=O) groups excluding carboxylic acids is 2. The third kappa shape index (κ3) is 5.34. The highest BCUT2D eigenvalue weighted by atomic mass is 19.1. The number of fused-ring (bicyclic) bond motifs is 1. The zero-order valence-electron chi connectivity index (χ0n) is 21.5. The number of benzene rings is 2. The molecule has 10 nitrogen and oxygen atoms in total. The summed E-state index contributed by atoms with van der Waals surface area (Å²) in [5, 5.41) is 20.4. The lowest BCUT2D eigenvalue weighted by Gasteiger charge is -2.30. The molecular weight excluding hydrogens is 503 g/mol. The molecule has 5 rings (SSSR count). The number of nitrogens with one attached hydrogen (secondary N) is 1. The Bertz CT molecular complexity index is 1520. The van der Waals surface area contributed by atoms with Crippen LogP contribution < -0.4 is 10.1 Å². The van der Waals surface area contributed by atoms with Crippen molar-refractivity contribution in [2.75, 3.05) is 25.6 Å². The quantitative estimate of drug-likeness (QED) is 0.375. The van der Waals surface area contributed by atoms with E-state index in [4.69, 9.17) is 4.74 Å². The maximum Gasteiger partial charge on any atom is 0.260 e. The standard InChI is InChI=1S/C28H27FN6O4/c1-17(15-36)35-16-30-33-26(35)23-4-3-5-25(31-23)32-27(37)22-12-20-14-34(11-10-19(20)13-24(22)39-2)28(38)18-6-8-21(29)9-7-18/h3-9,12-13,16-17,36H,10-11,14-15H2,1-2H3,(H,31,32,37)/t17-/m1/s1. The van der Waals surface area contributed by atoms with Gasteiger partial charge in [0.25, 0.3) is 11.8 Å². The number of carbonyl (C=O) groups is 2. The number of nitrogens with zero attached hydrogens (tertiary/aromatic N) is 5. The first-order valence-corrected chi connectivity index (χ1v) is 12.4. The molecule has 39 heavy (non-hydrogen) atoms. The lowest BCUT2D eigenvalue weighted by molar-refractivity contribution is 0.0734. The van der Waals surface area contributed by atoms with Crippen molar-refractivity contribution in [3.63, 3.8) is 0 Å². The average Bonchev–Trinajstić information content (AvgIpc) is 3.46. The minimum atomic E-state index is -0.425. The summed E-state index contributed by atoms with van der Waals surface area (Å²) < 4.78 is 20.5. The first-order chi connectivity index (χ1) is 18.9. The van der Waals surface area contributed by atoms with Crippen molar-refractivity contribution >= 4 is 17.6 Å². The van der Waals surface area contributed by atoms with Gasteiger partial charge in [-0.1, -0.05) is 6.07 Å². The van der Waals surface area contributed by atoms with Gasteiger partial charge in [0.2, 0.25) is 0 Å². The summed E-state index contributed by atoms with van der Waals surface area (Å²) in [5.74, 6) is 0.150. The van der Waals surface area contributed by atoms with E-state index < -0.39 is 11.7 Å². The van der Waals surface area contributed by atoms with Crippen LogP contribution in [0.4, 0.5) is 10.2 Å². The number of hydrogen-bond donors (Lipinski definition) is 2. The molecule has 2 aromatic carbocycles. The fraction of sp³-hybridized carbons (Fsp3) is 0.250. The number of methoxy groups -OCH3 is 1. The van der Waals surface area contributed by atoms with Gasteiger partial charge < -0.3 is 24.6 Å². The highest BCUT2D eigenvalue weighted by Crippen LogP contribution is 2.30. The van der Waals surface area contributed by atoms with E-state index >= 15 is 0 Å². The van der Waals surface area contributed by atoms with E-state index in [9.17, 15) is 19.1 Å². The molecule has 0 bridgehead atoms. The second-order valence-corrected chi connectivity index (χ2v) is 9.26. The van der Waals surface area contributed by atoms with Crippen LogP contribution in [0.25, 0.3) is 11.5 Å². The smallest absolute Gasteiger partial charge is 0.260 e. The number of hydrogen-bond acceptors (Lipinski definition) is 7. The van der Waals surface area contributed by atoms with Gasteiger partial charge in [0.15, 0.2) is 5.82 Å². The summed E-state index contributed by atoms with van der Waals surface area (Å²) in [7, 11) is 1.50. The zero-order valence-corrected chi connectivity index (χ0v) is 21.5. The summed E-state index contributed by atoms with van der Waals surface area (Å²) in [5.41, 5.74) is 3.01. The van der Waals surface area contributed by atoms with Crippen LogP contribution in [0.3, 0.4) is 0 Å². The molecule has 2 amide bonds. The van der Waals surface area contributed by atoms with Gasteiger partial charge in [-0.2, -0.15) is 0 Å². The lowest BCUT2D eigenvalue weighted by atomic mass is 9.95. The first-order valence-electron chi connectivity index (χ1n) is 12.4. The van der Waals surface area contributed by atoms with Crippen LogP contribution in [0.15, 0.2) is 60.9 Å². The number of aliphatic hydroxyl groups excluding tert-OH is 1. The van der Waals surface area contributed by atoms with Gasteiger partial charge in [0.05, 0.1) is 25.3 Å². The SMILES string of the molecule is COc1cc2c(cc1C(=O)Nc1cccc(-c3nncn3[C@H](C)CO)n1)CN(C(=O)c1ccc(F)cc1)CC2. The van der Waals surface area contributed by atoms with Crippen LogP contribution in [0.1, 0.15) is 44.8 Å². The van der Waals surface area contributed by atoms with Crippen molar-refractivity contribution in [3.05, 3.63) is 89.0 Å². The molecule has 0 aliphatic carbocycles. The number of amides is 2. The molecule has 0 radical (unpaired) electrons. The van der Waals surface area contributed by atoms with Gasteiger partial charge in [-0.15, -0.1) is 10.2 Å². The highest BCUT2D eigenvalue weighted by molar-refractivity contribution is 6.06. The molecule has 3 heterocycles. The predicted molar refractivity (Wildman–Crippen MR) is 141 cm³/mol. The van der Waals surface area contributed by atoms with Gasteiger partial charge in [-0.3, -0.25) is 9.59 Å². The average molecular weight is 531 g/mol. The second kappa shape index (κ2) is 11.0. The Morgan fingerprint density at radius 3 is 2.69 bits per heavy atom. The van der Waals surface area contributed by atoms with Gasteiger partial charge in [0, 0.05) is 18.7 Å². The molecule has 2 aromatic heterocycles. The largest absolute Gasteiger partial charge is 0.496 e. The van der Waals surface area contributed by atoms with Gasteiger partial charge in [0.1, 0.15) is 29.4 Å². The van der Waals surface area contributed by atoms with Crippen LogP contribution in [0.2, 0.25) is 0 Å². The second-order valence-electron chi connectivity index (χ2n) is 9.26. The normalized spacial score (nSPS) is 13.5. The Morgan fingerprint density at radius 2 is 1.95 bits per heavy atom. The Kier molecular flexibility index (Phi) is 7.33. The van der Waals surface area contributed by atoms with Crippen molar-refractivity contribution in [1.29, 1.82) is 0 Å². The molecule has 2 N–H and O–H groups in total. The summed E-state index contributed by atoms with van der Waals surface area (Å²) in [6, 6.07) is 13.9. The summed E-state index contributed by atoms with van der Waals surface area (Å²) in [4.78, 5) is 32.5. The molecule has 0 saturated carbocycles. The van der Waals surface area contributed by atoms with E-state index in [1.54, 1.807) is 33.7 Å². The van der Waals surface area contributed by atoms with Gasteiger partial charge in [-0.05, 0) is 73.0 Å². The van der Waals surface area contributed by atoms with E-state index in [-0.39, 0.29) is 18.6 Å². The van der Waals surface area contributed by atoms with E-state index in [0.717, 1.165) is 11.1 Å². The molecule has 4 aromatic rings. The Labute approximate surface area is 224 Å². The van der Waals surface area contributed by atoms with Crippen molar-refractivity contribution in [1.82, 2.24) is 24.6 Å². The molecule has 0 unspecified atom stereocenters. The molecule has 0 fully saturated rings. The van der Waals surface area contributed by atoms with Crippen LogP contribution in [0, 0.1) is 5.82 Å². The molecule has 1 atom stereocenters. The molecule has 1 aliphatic heterocycles. The maximum atomic E-state index is 13.4. The third-order valence-corrected chi connectivity index (χ3v) is 6.69. The van der Waals surface area contributed by atoms with E-state index in [1.165, 1.54) is 37.7 Å². The van der Waals surface area contributed by atoms with E-state index in [0.29, 0.717) is 53.7 Å². The number of ether oxygens (including phenoxy) is 1. The molecular formula is C28H27FN6O4. The van der Waals surface area contributed by atoms with Crippen LogP contribution in [-0.2, 0) is 13.0 Å². The highest BCUT2D eigenvalue weighted by Gasteiger charge is 2.25. The van der Waals surface area contributed by atoms with Crippen molar-refractivity contribution in [2.24, 2.45) is 0 Å². The number of anilines is 1. The Morgan fingerprint density at radius 1 is 1.15 bits per heavy atom. The Hall–Kier alpha value is -4.64.